The Bertz CT molecular complexity index is 1270. The van der Waals surface area contributed by atoms with Gasteiger partial charge in [-0.2, -0.15) is 0 Å². The first-order valence-corrected chi connectivity index (χ1v) is 26.2. The fourth-order valence-corrected chi connectivity index (χ4v) is 7.46. The van der Waals surface area contributed by atoms with Crippen LogP contribution < -0.4 is 5.73 Å². The standard InChI is InChI=1S/C50H90NO11P/c1-3-5-6-7-8-9-10-11-12-13-14-15-16-17-18-22-25-28-31-34-37-40-48(53)59-42-46(43-60-63(57,58)61-44-47(51)50(55)56)62-49(54)41-38-35-32-29-26-23-20-19-21-24-27-30-33-36-39-45(52)4-2/h20-21,23-24,29-30,32-33,45-47,52H,3-19,22,25-28,31,34-44,51H2,1-2H3,(H,55,56)(H,57,58)/b23-20-,24-21-,32-29-,33-30-/t45-,46-,47+/m1/s1. The lowest BCUT2D eigenvalue weighted by Gasteiger charge is -2.20. The molecule has 0 aliphatic carbocycles. The number of esters is 2. The molecule has 0 radical (unpaired) electrons. The molecule has 0 aromatic carbocycles. The third kappa shape index (κ3) is 44.4. The first kappa shape index (κ1) is 60.4. The molecule has 0 bridgehead atoms. The topological polar surface area (TPSA) is 192 Å². The molecule has 4 atom stereocenters. The fraction of sp³-hybridized carbons (Fsp3) is 0.780. The van der Waals surface area contributed by atoms with Gasteiger partial charge in [0.05, 0.1) is 19.3 Å². The zero-order valence-electron chi connectivity index (χ0n) is 39.5. The SMILES string of the molecule is CCCCCCCCCCCCCCCCCCCCCCCC(=O)OC[C@H](COP(=O)(O)OC[C@H](N)C(=O)O)OC(=O)CCC/C=C\C/C=C\C/C=C\C/C=C\CC[C@H](O)CC. The first-order chi connectivity index (χ1) is 30.5. The second kappa shape index (κ2) is 44.6. The minimum absolute atomic E-state index is 0.0727. The molecular weight excluding hydrogens is 822 g/mol. The van der Waals surface area contributed by atoms with E-state index in [4.69, 9.17) is 24.8 Å². The van der Waals surface area contributed by atoms with E-state index in [1.54, 1.807) is 0 Å². The van der Waals surface area contributed by atoms with Crippen LogP contribution >= 0.6 is 7.82 Å². The molecule has 0 aliphatic rings. The number of phosphoric ester groups is 1. The molecule has 366 valence electrons. The first-order valence-electron chi connectivity index (χ1n) is 24.7. The van der Waals surface area contributed by atoms with Crippen molar-refractivity contribution in [2.45, 2.75) is 231 Å². The van der Waals surface area contributed by atoms with Gasteiger partial charge in [-0.25, -0.2) is 4.57 Å². The number of aliphatic carboxylic acids is 1. The van der Waals surface area contributed by atoms with Crippen LogP contribution in [0.1, 0.15) is 213 Å². The van der Waals surface area contributed by atoms with E-state index in [9.17, 15) is 28.9 Å². The summed E-state index contributed by atoms with van der Waals surface area (Å²) in [5, 5.41) is 18.5. The van der Waals surface area contributed by atoms with E-state index in [0.29, 0.717) is 19.3 Å². The van der Waals surface area contributed by atoms with Crippen molar-refractivity contribution in [3.63, 3.8) is 0 Å². The van der Waals surface area contributed by atoms with Gasteiger partial charge in [0.1, 0.15) is 12.6 Å². The third-order valence-electron chi connectivity index (χ3n) is 10.7. The predicted molar refractivity (Wildman–Crippen MR) is 255 cm³/mol. The lowest BCUT2D eigenvalue weighted by Crippen LogP contribution is -2.34. The van der Waals surface area contributed by atoms with Gasteiger partial charge in [0.15, 0.2) is 6.10 Å². The summed E-state index contributed by atoms with van der Waals surface area (Å²) in [6, 6.07) is -1.54. The summed E-state index contributed by atoms with van der Waals surface area (Å²) in [5.74, 6) is -2.47. The number of aliphatic hydroxyl groups excluding tert-OH is 1. The molecule has 13 heteroatoms. The van der Waals surface area contributed by atoms with Crippen LogP contribution in [0.25, 0.3) is 0 Å². The minimum atomic E-state index is -4.74. The fourth-order valence-electron chi connectivity index (χ4n) is 6.69. The molecule has 0 heterocycles. The van der Waals surface area contributed by atoms with Gasteiger partial charge < -0.3 is 30.3 Å². The molecule has 0 saturated heterocycles. The molecule has 0 amide bonds. The molecule has 1 unspecified atom stereocenters. The van der Waals surface area contributed by atoms with Crippen molar-refractivity contribution in [3.05, 3.63) is 48.6 Å². The molecule has 0 rings (SSSR count). The molecule has 0 fully saturated rings. The Kier molecular flexibility index (Phi) is 42.8. The van der Waals surface area contributed by atoms with Crippen LogP contribution in [-0.4, -0.2) is 71.1 Å². The molecule has 0 aromatic rings. The van der Waals surface area contributed by atoms with Crippen LogP contribution in [0.4, 0.5) is 0 Å². The molecule has 0 aliphatic heterocycles. The van der Waals surface area contributed by atoms with Crippen molar-refractivity contribution in [1.29, 1.82) is 0 Å². The number of carbonyl (C=O) groups is 3. The Labute approximate surface area is 382 Å². The summed E-state index contributed by atoms with van der Waals surface area (Å²) in [6.07, 6.45) is 48.4. The van der Waals surface area contributed by atoms with Gasteiger partial charge >= 0.3 is 25.7 Å². The summed E-state index contributed by atoms with van der Waals surface area (Å²) in [4.78, 5) is 46.1. The van der Waals surface area contributed by atoms with Crippen LogP contribution in [0.5, 0.6) is 0 Å². The average molecular weight is 912 g/mol. The van der Waals surface area contributed by atoms with E-state index in [0.717, 1.165) is 57.8 Å². The second-order valence-corrected chi connectivity index (χ2v) is 18.2. The Morgan fingerprint density at radius 3 is 1.43 bits per heavy atom. The summed E-state index contributed by atoms with van der Waals surface area (Å²) < 4.78 is 32.7. The number of nitrogens with two attached hydrogens (primary N) is 1. The Morgan fingerprint density at radius 1 is 0.556 bits per heavy atom. The zero-order chi connectivity index (χ0) is 46.5. The lowest BCUT2D eigenvalue weighted by molar-refractivity contribution is -0.161. The molecule has 5 N–H and O–H groups in total. The smallest absolute Gasteiger partial charge is 0.472 e. The monoisotopic (exact) mass is 912 g/mol. The van der Waals surface area contributed by atoms with Crippen LogP contribution in [0.2, 0.25) is 0 Å². The molecule has 63 heavy (non-hydrogen) atoms. The maximum absolute atomic E-state index is 12.6. The average Bonchev–Trinajstić information content (AvgIpc) is 3.26. The van der Waals surface area contributed by atoms with Crippen LogP contribution in [-0.2, 0) is 37.5 Å². The summed E-state index contributed by atoms with van der Waals surface area (Å²) in [6.45, 7) is 2.49. The van der Waals surface area contributed by atoms with Crippen molar-refractivity contribution < 1.29 is 52.6 Å². The number of ether oxygens (including phenoxy) is 2. The van der Waals surface area contributed by atoms with E-state index in [2.05, 4.69) is 47.9 Å². The number of carboxylic acid groups (broad SMARTS) is 1. The second-order valence-electron chi connectivity index (χ2n) is 16.7. The van der Waals surface area contributed by atoms with E-state index >= 15 is 0 Å². The number of rotatable bonds is 46. The van der Waals surface area contributed by atoms with Gasteiger partial charge in [-0.1, -0.05) is 191 Å². The van der Waals surface area contributed by atoms with Gasteiger partial charge in [-0.3, -0.25) is 23.4 Å². The highest BCUT2D eigenvalue weighted by molar-refractivity contribution is 7.47. The number of unbranched alkanes of at least 4 members (excludes halogenated alkanes) is 21. The largest absolute Gasteiger partial charge is 0.480 e. The maximum Gasteiger partial charge on any atom is 0.472 e. The summed E-state index contributed by atoms with van der Waals surface area (Å²) >= 11 is 0. The highest BCUT2D eigenvalue weighted by Crippen LogP contribution is 2.43. The number of carbonyl (C=O) groups excluding carboxylic acids is 2. The van der Waals surface area contributed by atoms with E-state index in [-0.39, 0.29) is 25.6 Å². The van der Waals surface area contributed by atoms with E-state index < -0.39 is 51.1 Å². The highest BCUT2D eigenvalue weighted by Gasteiger charge is 2.28. The lowest BCUT2D eigenvalue weighted by atomic mass is 10.0. The minimum Gasteiger partial charge on any atom is -0.480 e. The van der Waals surface area contributed by atoms with Gasteiger partial charge in [-0.15, -0.1) is 0 Å². The van der Waals surface area contributed by atoms with Gasteiger partial charge in [0.25, 0.3) is 0 Å². The van der Waals surface area contributed by atoms with Crippen molar-refractivity contribution >= 4 is 25.7 Å². The molecule has 0 aromatic heterocycles. The Morgan fingerprint density at radius 2 is 0.968 bits per heavy atom. The quantitative estimate of drug-likeness (QED) is 0.0196. The van der Waals surface area contributed by atoms with E-state index in [1.807, 2.05) is 19.1 Å². The van der Waals surface area contributed by atoms with E-state index in [1.165, 1.54) is 109 Å². The van der Waals surface area contributed by atoms with Crippen LogP contribution in [0, 0.1) is 0 Å². The number of carboxylic acids is 1. The van der Waals surface area contributed by atoms with Gasteiger partial charge in [0.2, 0.25) is 0 Å². The third-order valence-corrected chi connectivity index (χ3v) is 11.7. The van der Waals surface area contributed by atoms with Crippen molar-refractivity contribution in [2.75, 3.05) is 19.8 Å². The number of phosphoric acid groups is 1. The van der Waals surface area contributed by atoms with Crippen LogP contribution in [0.3, 0.4) is 0 Å². The Hall–Kier alpha value is -2.60. The molecule has 0 spiro atoms. The molecule has 12 nitrogen and oxygen atoms in total. The highest BCUT2D eigenvalue weighted by atomic mass is 31.2. The number of aliphatic hydroxyl groups is 1. The van der Waals surface area contributed by atoms with Crippen molar-refractivity contribution in [3.8, 4) is 0 Å². The maximum atomic E-state index is 12.6. The Balaban J connectivity index is 4.33. The number of hydrogen-bond acceptors (Lipinski definition) is 10. The molecule has 0 saturated carbocycles. The predicted octanol–water partition coefficient (Wildman–Crippen LogP) is 12.7. The number of hydrogen-bond donors (Lipinski definition) is 4. The summed E-state index contributed by atoms with van der Waals surface area (Å²) in [7, 11) is -4.74. The molecular formula is C50H90NO11P. The number of allylic oxidation sites excluding steroid dienone is 8. The van der Waals surface area contributed by atoms with Crippen molar-refractivity contribution in [2.24, 2.45) is 5.73 Å². The van der Waals surface area contributed by atoms with Crippen LogP contribution in [0.15, 0.2) is 48.6 Å². The normalized spacial score (nSPS) is 14.5. The van der Waals surface area contributed by atoms with Crippen molar-refractivity contribution in [1.82, 2.24) is 0 Å². The zero-order valence-corrected chi connectivity index (χ0v) is 40.4. The van der Waals surface area contributed by atoms with Gasteiger partial charge in [-0.05, 0) is 57.8 Å². The summed E-state index contributed by atoms with van der Waals surface area (Å²) in [5.41, 5.74) is 5.34. The van der Waals surface area contributed by atoms with Gasteiger partial charge in [0, 0.05) is 12.8 Å².